The molecule has 6 heteroatoms. The molecule has 0 aliphatic rings. The molecule has 0 amide bonds. The molecule has 0 bridgehead atoms. The molecule has 170 valence electrons. The number of hydrogen-bond acceptors (Lipinski definition) is 6. The summed E-state index contributed by atoms with van der Waals surface area (Å²) in [5.74, 6) is 1.14. The maximum atomic E-state index is 13.0. The van der Waals surface area contributed by atoms with Crippen molar-refractivity contribution in [1.82, 2.24) is 0 Å². The molecule has 0 aliphatic heterocycles. The molecule has 33 heavy (non-hydrogen) atoms. The Kier molecular flexibility index (Phi) is 6.87. The van der Waals surface area contributed by atoms with Crippen LogP contribution in [-0.2, 0) is 6.42 Å². The Morgan fingerprint density at radius 1 is 1.00 bits per heavy atom. The van der Waals surface area contributed by atoms with Crippen LogP contribution in [0.25, 0.3) is 22.1 Å². The molecule has 0 unspecified atom stereocenters. The Morgan fingerprint density at radius 3 is 2.52 bits per heavy atom. The smallest absolute Gasteiger partial charge is 0.339 e. The molecule has 0 aliphatic carbocycles. The quantitative estimate of drug-likeness (QED) is 0.309. The average molecular weight is 446 g/mol. The van der Waals surface area contributed by atoms with E-state index in [1.807, 2.05) is 24.3 Å². The summed E-state index contributed by atoms with van der Waals surface area (Å²) in [7, 11) is 3.16. The van der Waals surface area contributed by atoms with Gasteiger partial charge in [0.15, 0.2) is 5.78 Å². The summed E-state index contributed by atoms with van der Waals surface area (Å²) in [6, 6.07) is 17.5. The Labute approximate surface area is 192 Å². The largest absolute Gasteiger partial charge is 0.508 e. The Hall–Kier alpha value is -4.06. The van der Waals surface area contributed by atoms with Gasteiger partial charge < -0.3 is 19.0 Å². The van der Waals surface area contributed by atoms with Crippen LogP contribution in [-0.4, -0.2) is 25.1 Å². The third-order valence-corrected chi connectivity index (χ3v) is 5.45. The fraction of sp³-hybridized carbons (Fsp3) is 0.185. The SMILES string of the molecule is C.COc1cccc(-c2cc(C(=O)Cc3cc4ccc(O)c(C)c4oc3=O)ccc2OC)c1. The zero-order valence-electron chi connectivity index (χ0n) is 18.0. The number of phenols is 1. The molecule has 1 N–H and O–H groups in total. The van der Waals surface area contributed by atoms with E-state index < -0.39 is 5.63 Å². The number of carbonyl (C=O) groups is 1. The highest BCUT2D eigenvalue weighted by atomic mass is 16.5. The lowest BCUT2D eigenvalue weighted by Gasteiger charge is -2.12. The molecule has 3 aromatic carbocycles. The van der Waals surface area contributed by atoms with Gasteiger partial charge in [0.1, 0.15) is 22.8 Å². The van der Waals surface area contributed by atoms with E-state index in [2.05, 4.69) is 0 Å². The van der Waals surface area contributed by atoms with Crippen molar-refractivity contribution in [3.05, 3.63) is 87.8 Å². The molecular formula is C27H26O6. The summed E-state index contributed by atoms with van der Waals surface area (Å²) in [5, 5.41) is 10.5. The van der Waals surface area contributed by atoms with Gasteiger partial charge in [-0.25, -0.2) is 4.79 Å². The topological polar surface area (TPSA) is 86.0 Å². The number of phenolic OH excluding ortho intramolecular Hbond substituents is 1. The van der Waals surface area contributed by atoms with Crippen LogP contribution >= 0.6 is 0 Å². The molecule has 1 heterocycles. The lowest BCUT2D eigenvalue weighted by Crippen LogP contribution is -2.13. The van der Waals surface area contributed by atoms with Crippen LogP contribution in [0.1, 0.15) is 28.9 Å². The van der Waals surface area contributed by atoms with Crippen molar-refractivity contribution in [2.24, 2.45) is 0 Å². The van der Waals surface area contributed by atoms with Crippen molar-refractivity contribution in [1.29, 1.82) is 0 Å². The van der Waals surface area contributed by atoms with Crippen molar-refractivity contribution in [3.63, 3.8) is 0 Å². The molecule has 0 saturated heterocycles. The molecule has 0 fully saturated rings. The van der Waals surface area contributed by atoms with Crippen molar-refractivity contribution in [2.75, 3.05) is 14.2 Å². The number of aryl methyl sites for hydroxylation is 1. The third-order valence-electron chi connectivity index (χ3n) is 5.45. The van der Waals surface area contributed by atoms with Crippen LogP contribution in [0.4, 0.5) is 0 Å². The molecule has 1 aromatic heterocycles. The van der Waals surface area contributed by atoms with E-state index in [1.54, 1.807) is 51.5 Å². The van der Waals surface area contributed by atoms with Gasteiger partial charge in [0, 0.05) is 34.1 Å². The van der Waals surface area contributed by atoms with E-state index in [1.165, 1.54) is 6.07 Å². The highest BCUT2D eigenvalue weighted by Gasteiger charge is 2.16. The number of aromatic hydroxyl groups is 1. The molecule has 0 spiro atoms. The first-order valence-corrected chi connectivity index (χ1v) is 10.0. The average Bonchev–Trinajstić information content (AvgIpc) is 2.82. The molecule has 0 saturated carbocycles. The molecule has 0 radical (unpaired) electrons. The predicted octanol–water partition coefficient (Wildman–Crippen LogP) is 5.55. The van der Waals surface area contributed by atoms with Crippen LogP contribution in [0.2, 0.25) is 0 Å². The molecule has 0 atom stereocenters. The first-order valence-electron chi connectivity index (χ1n) is 10.0. The second-order valence-corrected chi connectivity index (χ2v) is 7.43. The van der Waals surface area contributed by atoms with Crippen LogP contribution in [0.5, 0.6) is 17.2 Å². The standard InChI is InChI=1S/C26H22O6.CH4/c1-15-22(27)9-7-18-11-19(26(29)32-25(15)18)14-23(28)17-8-10-24(31-3)21(13-17)16-5-4-6-20(12-16)30-2;/h4-13,27H,14H2,1-3H3;1H4. The summed E-state index contributed by atoms with van der Waals surface area (Å²) in [6.45, 7) is 1.67. The fourth-order valence-electron chi connectivity index (χ4n) is 3.65. The van der Waals surface area contributed by atoms with Gasteiger partial charge in [0.2, 0.25) is 0 Å². The lowest BCUT2D eigenvalue weighted by atomic mass is 9.97. The van der Waals surface area contributed by atoms with Crippen molar-refractivity contribution >= 4 is 16.8 Å². The van der Waals surface area contributed by atoms with Crippen molar-refractivity contribution in [2.45, 2.75) is 20.8 Å². The summed E-state index contributed by atoms with van der Waals surface area (Å²) < 4.78 is 16.2. The number of ketones is 1. The van der Waals surface area contributed by atoms with Crippen LogP contribution < -0.4 is 15.1 Å². The molecule has 4 rings (SSSR count). The highest BCUT2D eigenvalue weighted by Crippen LogP contribution is 2.33. The van der Waals surface area contributed by atoms with Gasteiger partial charge in [0.05, 0.1) is 14.2 Å². The van der Waals surface area contributed by atoms with Gasteiger partial charge >= 0.3 is 5.63 Å². The number of carbonyl (C=O) groups excluding carboxylic acids is 1. The normalized spacial score (nSPS) is 10.5. The molecule has 6 nitrogen and oxygen atoms in total. The highest BCUT2D eigenvalue weighted by molar-refractivity contribution is 5.99. The van der Waals surface area contributed by atoms with Gasteiger partial charge in [-0.3, -0.25) is 4.79 Å². The molecule has 4 aromatic rings. The van der Waals surface area contributed by atoms with E-state index in [0.29, 0.717) is 33.6 Å². The summed E-state index contributed by atoms with van der Waals surface area (Å²) in [5.41, 5.74) is 2.49. The van der Waals surface area contributed by atoms with Crippen molar-refractivity contribution < 1.29 is 23.8 Å². The van der Waals surface area contributed by atoms with E-state index in [4.69, 9.17) is 13.9 Å². The number of hydrogen-bond donors (Lipinski definition) is 1. The minimum Gasteiger partial charge on any atom is -0.508 e. The first-order chi connectivity index (χ1) is 15.4. The maximum absolute atomic E-state index is 13.0. The van der Waals surface area contributed by atoms with E-state index >= 15 is 0 Å². The van der Waals surface area contributed by atoms with E-state index in [-0.39, 0.29) is 30.9 Å². The monoisotopic (exact) mass is 446 g/mol. The Balaban J connectivity index is 0.00000306. The Bertz CT molecular complexity index is 1380. The third kappa shape index (κ3) is 4.60. The summed E-state index contributed by atoms with van der Waals surface area (Å²) in [6.07, 6.45) is -0.109. The number of methoxy groups -OCH3 is 2. The fourth-order valence-corrected chi connectivity index (χ4v) is 3.65. The van der Waals surface area contributed by atoms with Gasteiger partial charge in [-0.05, 0) is 61.0 Å². The number of fused-ring (bicyclic) bond motifs is 1. The molecular weight excluding hydrogens is 420 g/mol. The van der Waals surface area contributed by atoms with E-state index in [9.17, 15) is 14.7 Å². The van der Waals surface area contributed by atoms with Gasteiger partial charge in [-0.15, -0.1) is 0 Å². The van der Waals surface area contributed by atoms with Crippen LogP contribution in [0, 0.1) is 6.92 Å². The number of benzene rings is 3. The summed E-state index contributed by atoms with van der Waals surface area (Å²) >= 11 is 0. The van der Waals surface area contributed by atoms with Crippen LogP contribution in [0.15, 0.2) is 69.9 Å². The second-order valence-electron chi connectivity index (χ2n) is 7.43. The van der Waals surface area contributed by atoms with Gasteiger partial charge in [0.25, 0.3) is 0 Å². The van der Waals surface area contributed by atoms with Gasteiger partial charge in [-0.1, -0.05) is 19.6 Å². The first kappa shape index (κ1) is 23.6. The second kappa shape index (κ2) is 9.61. The number of rotatable bonds is 6. The van der Waals surface area contributed by atoms with Crippen molar-refractivity contribution in [3.8, 4) is 28.4 Å². The van der Waals surface area contributed by atoms with Crippen LogP contribution in [0.3, 0.4) is 0 Å². The maximum Gasteiger partial charge on any atom is 0.339 e. The zero-order valence-corrected chi connectivity index (χ0v) is 18.0. The predicted molar refractivity (Wildman–Crippen MR) is 129 cm³/mol. The summed E-state index contributed by atoms with van der Waals surface area (Å²) in [4.78, 5) is 25.5. The Morgan fingerprint density at radius 2 is 1.79 bits per heavy atom. The number of Topliss-reactive ketones (excluding diaryl/α,β-unsaturated/α-hetero) is 1. The lowest BCUT2D eigenvalue weighted by molar-refractivity contribution is 0.0992. The van der Waals surface area contributed by atoms with E-state index in [0.717, 1.165) is 11.1 Å². The minimum atomic E-state index is -0.596. The minimum absolute atomic E-state index is 0. The zero-order chi connectivity index (χ0) is 22.8. The van der Waals surface area contributed by atoms with Gasteiger partial charge in [-0.2, -0.15) is 0 Å². The number of ether oxygens (including phenoxy) is 2.